The van der Waals surface area contributed by atoms with Gasteiger partial charge in [0.25, 0.3) is 0 Å². The number of pyridine rings is 7. The molecular formula is C111H94Ir5N7O4-7. The van der Waals surface area contributed by atoms with Gasteiger partial charge in [0.2, 0.25) is 0 Å². The molecule has 5 radical (unpaired) electrons. The van der Waals surface area contributed by atoms with Gasteiger partial charge in [0.05, 0.1) is 16.9 Å². The van der Waals surface area contributed by atoms with Crippen molar-refractivity contribution < 1.29 is 119 Å². The fraction of sp³-hybridized carbons (Fsp3) is 0.117. The van der Waals surface area contributed by atoms with Gasteiger partial charge in [-0.3, -0.25) is 4.79 Å². The van der Waals surface area contributed by atoms with Crippen molar-refractivity contribution in [2.75, 3.05) is 0 Å². The van der Waals surface area contributed by atoms with Gasteiger partial charge in [0.15, 0.2) is 5.78 Å². The minimum absolute atomic E-state index is 0. The van der Waals surface area contributed by atoms with Crippen molar-refractivity contribution in [1.29, 1.82) is 0 Å². The maximum Gasteiger partial charge on any atom is 0.155 e. The molecule has 0 fully saturated rings. The van der Waals surface area contributed by atoms with E-state index in [4.69, 9.17) is 13.9 Å². The summed E-state index contributed by atoms with van der Waals surface area (Å²) in [6, 6.07) is 129. The number of carbonyl (C=O) groups is 1. The monoisotopic (exact) mass is 2550 g/mol. The Morgan fingerprint density at radius 1 is 0.394 bits per heavy atom. The molecule has 0 saturated heterocycles. The normalized spacial score (nSPS) is 10.3. The van der Waals surface area contributed by atoms with Crippen molar-refractivity contribution in [2.45, 2.75) is 87.0 Å². The van der Waals surface area contributed by atoms with E-state index in [0.717, 1.165) is 135 Å². The van der Waals surface area contributed by atoms with Gasteiger partial charge in [-0.05, 0) is 150 Å². The summed E-state index contributed by atoms with van der Waals surface area (Å²) in [4.78, 5) is 40.8. The quantitative estimate of drug-likeness (QED) is 0.0748. The summed E-state index contributed by atoms with van der Waals surface area (Å²) in [5, 5.41) is 12.9. The number of aromatic nitrogens is 7. The van der Waals surface area contributed by atoms with Crippen molar-refractivity contribution in [3.05, 3.63) is 441 Å². The summed E-state index contributed by atoms with van der Waals surface area (Å²) < 4.78 is 12.2. The standard InChI is InChI=1S/C20H16NO.C19H16N.C17H10NO.C15H16N.2C12H10N.C11H8N.C5H8O2.5Ir/c1-13(2)14-7-5-8-15-16-9-6-10-17(20(16)22-19(14)15)18-11-3-4-12-21-18;1-2-15-13-19(17-11-7-4-8-12-17)20-14-18(15)16-9-5-3-6-10-16;1-2-10-16-12(6-1)13-7-5-8-14(17(13)19-16)15-9-3-4-11-18-15;1-15(2,3)13-9-10-16-14(11-13)12-7-5-4-6-8-12;1-10-6-5-9-12(13-10)11-7-3-2-4-8-11;1-10-7-8-12(13-9-10)11-5-3-2-4-6-11;1-2-6-10(7-3-1)11-8-4-5-9-12-11;1-4(6)3-5(2)7;;;;;/h3-9,11-13H,1-2H3;3-11,13-14H,2H2,1H3;1-7,9-11H;4-7,9-11H,1-3H3;2-7,9H,1H3;2-5,7-9H,1H3;1-6,8-9H;3,6H,1-2H3;;;;;/q7*-1;;;;;;. The van der Waals surface area contributed by atoms with Gasteiger partial charge in [-0.2, -0.15) is 0 Å². The Morgan fingerprint density at radius 2 is 0.827 bits per heavy atom. The molecule has 0 spiro atoms. The van der Waals surface area contributed by atoms with Gasteiger partial charge in [-0.1, -0.05) is 203 Å². The van der Waals surface area contributed by atoms with Crippen LogP contribution in [0.4, 0.5) is 0 Å². The van der Waals surface area contributed by atoms with Gasteiger partial charge in [-0.25, -0.2) is 0 Å². The Kier molecular flexibility index (Phi) is 42.3. The fourth-order valence-corrected chi connectivity index (χ4v) is 13.1. The van der Waals surface area contributed by atoms with Crippen LogP contribution in [-0.4, -0.2) is 45.8 Å². The number of allylic oxidation sites excluding steroid dienone is 2. The second-order valence-electron chi connectivity index (χ2n) is 29.7. The van der Waals surface area contributed by atoms with E-state index in [1.807, 2.05) is 275 Å². The van der Waals surface area contributed by atoms with Crippen molar-refractivity contribution in [2.24, 2.45) is 0 Å². The molecule has 0 atom stereocenters. The first-order valence-electron chi connectivity index (χ1n) is 40.5. The van der Waals surface area contributed by atoms with Crippen LogP contribution in [0.2, 0.25) is 0 Å². The Balaban J connectivity index is 0.000000201. The van der Waals surface area contributed by atoms with Gasteiger partial charge >= 0.3 is 0 Å². The van der Waals surface area contributed by atoms with E-state index >= 15 is 0 Å². The number of carbonyl (C=O) groups excluding carboxylic acids is 1. The van der Waals surface area contributed by atoms with Gasteiger partial charge in [0, 0.05) is 166 Å². The number of aliphatic hydroxyl groups is 1. The molecule has 0 aliphatic heterocycles. The van der Waals surface area contributed by atoms with Crippen LogP contribution in [0.1, 0.15) is 89.3 Å². The van der Waals surface area contributed by atoms with E-state index in [0.29, 0.717) is 5.92 Å². The second kappa shape index (κ2) is 52.4. The molecule has 9 heterocycles. The molecule has 0 aliphatic carbocycles. The summed E-state index contributed by atoms with van der Waals surface area (Å²) in [5.41, 5.74) is 26.0. The number of hydrogen-bond acceptors (Lipinski definition) is 11. The molecule has 0 saturated carbocycles. The first-order valence-corrected chi connectivity index (χ1v) is 40.5. The van der Waals surface area contributed by atoms with Gasteiger partial charge in [-0.15, -0.1) is 216 Å². The molecular weight excluding hydrogens is 2460 g/mol. The van der Waals surface area contributed by atoms with Crippen LogP contribution in [0.15, 0.2) is 379 Å². The molecule has 10 aromatic carbocycles. The van der Waals surface area contributed by atoms with E-state index < -0.39 is 0 Å². The maximum absolute atomic E-state index is 10.0. The van der Waals surface area contributed by atoms with E-state index in [1.54, 1.807) is 18.6 Å². The molecule has 11 nitrogen and oxygen atoms in total. The number of hydrogen-bond donors (Lipinski definition) is 1. The molecule has 0 aliphatic rings. The van der Waals surface area contributed by atoms with Crippen LogP contribution in [0.3, 0.4) is 0 Å². The number of rotatable bonds is 11. The Labute approximate surface area is 814 Å². The molecule has 19 rings (SSSR count). The molecule has 0 unspecified atom stereocenters. The zero-order chi connectivity index (χ0) is 85.4. The van der Waals surface area contributed by atoms with Crippen molar-refractivity contribution in [3.63, 3.8) is 0 Å². The average molecular weight is 2550 g/mol. The Bertz CT molecular complexity index is 6450. The minimum Gasteiger partial charge on any atom is -0.512 e. The van der Waals surface area contributed by atoms with Gasteiger partial charge < -0.3 is 48.8 Å². The molecule has 0 bridgehead atoms. The summed E-state index contributed by atoms with van der Waals surface area (Å²) in [6.07, 6.45) is 13.2. The summed E-state index contributed by atoms with van der Waals surface area (Å²) >= 11 is 0. The van der Waals surface area contributed by atoms with Crippen LogP contribution in [0.25, 0.3) is 134 Å². The van der Waals surface area contributed by atoms with Crippen LogP contribution in [-0.2, 0) is 117 Å². The number of aryl methyl sites for hydroxylation is 3. The van der Waals surface area contributed by atoms with E-state index in [1.165, 1.54) is 53.3 Å². The Hall–Kier alpha value is -11.7. The molecule has 127 heavy (non-hydrogen) atoms. The van der Waals surface area contributed by atoms with Crippen molar-refractivity contribution in [1.82, 2.24) is 34.9 Å². The third-order valence-electron chi connectivity index (χ3n) is 19.2. The molecule has 1 N–H and O–H groups in total. The number of nitrogens with zero attached hydrogens (tertiary/aromatic N) is 7. The van der Waals surface area contributed by atoms with Crippen LogP contribution < -0.4 is 0 Å². The van der Waals surface area contributed by atoms with E-state index in [9.17, 15) is 4.79 Å². The van der Waals surface area contributed by atoms with Crippen LogP contribution in [0.5, 0.6) is 0 Å². The summed E-state index contributed by atoms with van der Waals surface area (Å²) in [5.74, 6) is 0.360. The largest absolute Gasteiger partial charge is 0.512 e. The number of para-hydroxylation sites is 2. The predicted octanol–water partition coefficient (Wildman–Crippen LogP) is 27.9. The van der Waals surface area contributed by atoms with Crippen molar-refractivity contribution in [3.8, 4) is 89.9 Å². The molecule has 16 heteroatoms. The maximum atomic E-state index is 10.0. The third kappa shape index (κ3) is 29.7. The number of benzene rings is 10. The zero-order valence-electron chi connectivity index (χ0n) is 71.9. The van der Waals surface area contributed by atoms with Gasteiger partial charge in [0.1, 0.15) is 11.2 Å². The van der Waals surface area contributed by atoms with Crippen molar-refractivity contribution >= 4 is 49.7 Å². The third-order valence-corrected chi connectivity index (χ3v) is 19.2. The number of furan rings is 2. The molecule has 649 valence electrons. The fourth-order valence-electron chi connectivity index (χ4n) is 13.1. The first kappa shape index (κ1) is 102. The topological polar surface area (TPSA) is 154 Å². The van der Waals surface area contributed by atoms with E-state index in [2.05, 4.69) is 198 Å². The van der Waals surface area contributed by atoms with Crippen LogP contribution in [0, 0.1) is 56.3 Å². The molecule has 0 amide bonds. The molecule has 19 aromatic rings. The van der Waals surface area contributed by atoms with Crippen LogP contribution >= 0.6 is 0 Å². The average Bonchev–Trinajstić information content (AvgIpc) is 1.61. The Morgan fingerprint density at radius 3 is 1.29 bits per heavy atom. The first-order chi connectivity index (χ1) is 59.5. The predicted molar refractivity (Wildman–Crippen MR) is 498 cm³/mol. The van der Waals surface area contributed by atoms with E-state index in [-0.39, 0.29) is 117 Å². The SMILES string of the molecule is CC(=O)C=C(C)O.CC(C)(C)c1ccnc(-c2[c-]cccc2)c1.CC(C)c1cccc2c1oc1c(-c3ccccn3)[c-]ccc12.CCc1cc(-c2[c-]cccc2)ncc1-c1ccccc1.Cc1ccc(-c2[c-]cccc2)nc1.Cc1cccc(-c2[c-]cccc2)n1.[Ir].[Ir].[Ir].[Ir].[Ir].[c-]1ccc2c(oc3ccccc32)c1-c1ccccn1.[c-]1ccccc1-c1ccccn1. The second-order valence-corrected chi connectivity index (χ2v) is 29.7. The smallest absolute Gasteiger partial charge is 0.155 e. The molecule has 9 aromatic heterocycles. The zero-order valence-corrected chi connectivity index (χ0v) is 83.9. The number of aliphatic hydroxyl groups excluding tert-OH is 1. The minimum atomic E-state index is -0.125. The summed E-state index contributed by atoms with van der Waals surface area (Å²) in [7, 11) is 0. The summed E-state index contributed by atoms with van der Waals surface area (Å²) in [6.45, 7) is 20.1. The number of fused-ring (bicyclic) bond motifs is 6. The number of ketones is 1.